The lowest BCUT2D eigenvalue weighted by Gasteiger charge is -2.20. The normalized spacial score (nSPS) is 11.5. The predicted molar refractivity (Wildman–Crippen MR) is 226 cm³/mol. The molecule has 0 unspecified atom stereocenters. The van der Waals surface area contributed by atoms with Gasteiger partial charge >= 0.3 is 0 Å². The van der Waals surface area contributed by atoms with E-state index in [1.807, 2.05) is 6.20 Å². The molecule has 0 aliphatic carbocycles. The van der Waals surface area contributed by atoms with Crippen molar-refractivity contribution >= 4 is 43.1 Å². The second-order valence-electron chi connectivity index (χ2n) is 14.0. The molecule has 1 heteroatoms. The molecule has 1 heterocycles. The highest BCUT2D eigenvalue weighted by Gasteiger charge is 2.19. The third-order valence-corrected chi connectivity index (χ3v) is 10.8. The summed E-state index contributed by atoms with van der Waals surface area (Å²) in [6, 6.07) is 68.5. The Morgan fingerprint density at radius 2 is 0.849 bits per heavy atom. The molecule has 0 saturated carbocycles. The second kappa shape index (κ2) is 12.7. The van der Waals surface area contributed by atoms with Crippen molar-refractivity contribution in [2.24, 2.45) is 0 Å². The van der Waals surface area contributed by atoms with Crippen LogP contribution in [-0.2, 0) is 0 Å². The molecule has 1 nitrogen and oxygen atoms in total. The van der Waals surface area contributed by atoms with Gasteiger partial charge in [0, 0.05) is 17.3 Å². The van der Waals surface area contributed by atoms with Crippen LogP contribution in [0.3, 0.4) is 0 Å². The van der Waals surface area contributed by atoms with Crippen LogP contribution in [0.4, 0.5) is 0 Å². The summed E-state index contributed by atoms with van der Waals surface area (Å²) in [5.41, 5.74) is 13.1. The average Bonchev–Trinajstić information content (AvgIpc) is 3.23. The van der Waals surface area contributed by atoms with Crippen molar-refractivity contribution in [3.63, 3.8) is 0 Å². The van der Waals surface area contributed by atoms with Gasteiger partial charge in [0.2, 0.25) is 0 Å². The van der Waals surface area contributed by atoms with E-state index < -0.39 is 0 Å². The first-order valence-electron chi connectivity index (χ1n) is 18.3. The van der Waals surface area contributed by atoms with Crippen LogP contribution in [0, 0.1) is 6.92 Å². The van der Waals surface area contributed by atoms with Crippen LogP contribution >= 0.6 is 0 Å². The van der Waals surface area contributed by atoms with Gasteiger partial charge in [-0.05, 0) is 101 Å². The molecule has 0 spiro atoms. The number of pyridine rings is 1. The fourth-order valence-corrected chi connectivity index (χ4v) is 8.26. The summed E-state index contributed by atoms with van der Waals surface area (Å²) in [6.45, 7) is 2.14. The van der Waals surface area contributed by atoms with Crippen LogP contribution in [-0.4, -0.2) is 4.98 Å². The summed E-state index contributed by atoms with van der Waals surface area (Å²) < 4.78 is 0. The van der Waals surface area contributed by atoms with Crippen LogP contribution in [0.15, 0.2) is 194 Å². The number of benzene rings is 9. The predicted octanol–water partition coefficient (Wildman–Crippen LogP) is 14.3. The monoisotopic (exact) mass is 673 g/mol. The van der Waals surface area contributed by atoms with Crippen molar-refractivity contribution in [2.45, 2.75) is 6.92 Å². The third-order valence-electron chi connectivity index (χ3n) is 10.8. The Kier molecular flexibility index (Phi) is 7.44. The molecular formula is C52H35N. The van der Waals surface area contributed by atoms with E-state index in [4.69, 9.17) is 4.98 Å². The third kappa shape index (κ3) is 5.29. The summed E-state index contributed by atoms with van der Waals surface area (Å²) >= 11 is 0. The van der Waals surface area contributed by atoms with E-state index in [1.165, 1.54) is 82.0 Å². The van der Waals surface area contributed by atoms with E-state index in [0.29, 0.717) is 0 Å². The van der Waals surface area contributed by atoms with Gasteiger partial charge in [0.05, 0.1) is 5.69 Å². The van der Waals surface area contributed by atoms with E-state index in [2.05, 4.69) is 195 Å². The average molecular weight is 674 g/mol. The van der Waals surface area contributed by atoms with Crippen molar-refractivity contribution in [3.05, 3.63) is 200 Å². The van der Waals surface area contributed by atoms with Crippen LogP contribution in [0.5, 0.6) is 0 Å². The summed E-state index contributed by atoms with van der Waals surface area (Å²) in [6.07, 6.45) is 2.01. The minimum absolute atomic E-state index is 0.980. The summed E-state index contributed by atoms with van der Waals surface area (Å²) in [7, 11) is 0. The van der Waals surface area contributed by atoms with E-state index in [-0.39, 0.29) is 0 Å². The number of nitrogens with zero attached hydrogens (tertiary/aromatic N) is 1. The van der Waals surface area contributed by atoms with Crippen LogP contribution in [0.1, 0.15) is 5.56 Å². The van der Waals surface area contributed by atoms with E-state index in [0.717, 1.165) is 22.4 Å². The minimum Gasteiger partial charge on any atom is -0.256 e. The lowest BCUT2D eigenvalue weighted by Crippen LogP contribution is -1.93. The van der Waals surface area contributed by atoms with Gasteiger partial charge in [-0.25, -0.2) is 0 Å². The van der Waals surface area contributed by atoms with E-state index in [9.17, 15) is 0 Å². The van der Waals surface area contributed by atoms with Gasteiger partial charge in [0.15, 0.2) is 0 Å². The zero-order valence-electron chi connectivity index (χ0n) is 29.4. The SMILES string of the molecule is Cc1ccc(-c2ccc(-c3c4ccccc4c(-c4cccc(-c5ccc(-c6cccc7ccccc67)nc5)c4)c4ccccc34)c3ccccc23)cc1. The molecule has 0 fully saturated rings. The Balaban J connectivity index is 1.13. The molecule has 0 amide bonds. The topological polar surface area (TPSA) is 12.9 Å². The zero-order chi connectivity index (χ0) is 35.3. The van der Waals surface area contributed by atoms with Gasteiger partial charge in [-0.15, -0.1) is 0 Å². The first-order chi connectivity index (χ1) is 26.2. The highest BCUT2D eigenvalue weighted by atomic mass is 14.7. The van der Waals surface area contributed by atoms with Crippen LogP contribution in [0.25, 0.3) is 98.9 Å². The molecule has 10 aromatic rings. The van der Waals surface area contributed by atoms with Gasteiger partial charge < -0.3 is 0 Å². The van der Waals surface area contributed by atoms with Gasteiger partial charge in [-0.3, -0.25) is 4.98 Å². The number of rotatable bonds is 5. The molecule has 248 valence electrons. The van der Waals surface area contributed by atoms with Gasteiger partial charge in [-0.1, -0.05) is 181 Å². The molecular weight excluding hydrogens is 639 g/mol. The fraction of sp³-hybridized carbons (Fsp3) is 0.0192. The molecule has 0 saturated heterocycles. The fourth-order valence-electron chi connectivity index (χ4n) is 8.26. The van der Waals surface area contributed by atoms with Crippen molar-refractivity contribution in [1.82, 2.24) is 4.98 Å². The number of aromatic nitrogens is 1. The Morgan fingerprint density at radius 3 is 1.53 bits per heavy atom. The summed E-state index contributed by atoms with van der Waals surface area (Å²) in [5, 5.41) is 9.95. The lowest BCUT2D eigenvalue weighted by molar-refractivity contribution is 1.33. The Bertz CT molecular complexity index is 2930. The van der Waals surface area contributed by atoms with Crippen molar-refractivity contribution in [3.8, 4) is 55.8 Å². The first kappa shape index (κ1) is 30.9. The molecule has 0 aliphatic heterocycles. The summed E-state index contributed by atoms with van der Waals surface area (Å²) in [5.74, 6) is 0. The van der Waals surface area contributed by atoms with Crippen LogP contribution in [0.2, 0.25) is 0 Å². The number of hydrogen-bond acceptors (Lipinski definition) is 1. The molecule has 0 N–H and O–H groups in total. The Morgan fingerprint density at radius 1 is 0.321 bits per heavy atom. The molecule has 1 aromatic heterocycles. The molecule has 0 bridgehead atoms. The quantitative estimate of drug-likeness (QED) is 0.166. The maximum Gasteiger partial charge on any atom is 0.0708 e. The maximum atomic E-state index is 4.98. The van der Waals surface area contributed by atoms with Crippen LogP contribution < -0.4 is 0 Å². The van der Waals surface area contributed by atoms with Gasteiger partial charge in [0.25, 0.3) is 0 Å². The number of hydrogen-bond donors (Lipinski definition) is 0. The largest absolute Gasteiger partial charge is 0.256 e. The number of aryl methyl sites for hydroxylation is 1. The lowest BCUT2D eigenvalue weighted by atomic mass is 9.83. The molecule has 10 rings (SSSR count). The van der Waals surface area contributed by atoms with Crippen molar-refractivity contribution < 1.29 is 0 Å². The van der Waals surface area contributed by atoms with Gasteiger partial charge in [-0.2, -0.15) is 0 Å². The summed E-state index contributed by atoms with van der Waals surface area (Å²) in [4.78, 5) is 4.98. The standard InChI is InChI=1S/C52H35N/c1-34-24-26-36(27-25-34)41-29-30-49(43-18-5-4-17-42(41)43)52-47-21-8-6-19-45(47)51(46-20-7-9-22-48(46)52)38-15-10-14-37(32-38)39-28-31-50(53-33-39)44-23-11-13-35-12-2-3-16-40(35)44/h2-33H,1H3. The smallest absolute Gasteiger partial charge is 0.0708 e. The zero-order valence-corrected chi connectivity index (χ0v) is 29.4. The van der Waals surface area contributed by atoms with E-state index in [1.54, 1.807) is 0 Å². The molecule has 0 atom stereocenters. The van der Waals surface area contributed by atoms with E-state index >= 15 is 0 Å². The van der Waals surface area contributed by atoms with Gasteiger partial charge in [0.1, 0.15) is 0 Å². The molecule has 0 aliphatic rings. The minimum atomic E-state index is 0.980. The highest BCUT2D eigenvalue weighted by Crippen LogP contribution is 2.46. The molecule has 0 radical (unpaired) electrons. The second-order valence-corrected chi connectivity index (χ2v) is 14.0. The molecule has 53 heavy (non-hydrogen) atoms. The molecule has 9 aromatic carbocycles. The maximum absolute atomic E-state index is 4.98. The highest BCUT2D eigenvalue weighted by molar-refractivity contribution is 6.24. The number of fused-ring (bicyclic) bond motifs is 4. The van der Waals surface area contributed by atoms with Crippen molar-refractivity contribution in [2.75, 3.05) is 0 Å². The Hall–Kier alpha value is -6.83. The van der Waals surface area contributed by atoms with Crippen molar-refractivity contribution in [1.29, 1.82) is 0 Å². The first-order valence-corrected chi connectivity index (χ1v) is 18.3. The Labute approximate surface area is 309 Å².